The van der Waals surface area contributed by atoms with Crippen molar-refractivity contribution in [1.29, 1.82) is 0 Å². The van der Waals surface area contributed by atoms with Gasteiger partial charge in [0, 0.05) is 0 Å². The molecule has 0 amide bonds. The van der Waals surface area contributed by atoms with Gasteiger partial charge >= 0.3 is 0 Å². The van der Waals surface area contributed by atoms with Crippen molar-refractivity contribution >= 4 is 0 Å². The van der Waals surface area contributed by atoms with E-state index in [1.165, 1.54) is 0 Å². The lowest BCUT2D eigenvalue weighted by Gasteiger charge is -2.05. The van der Waals surface area contributed by atoms with Crippen molar-refractivity contribution < 1.29 is 18.0 Å². The summed E-state index contributed by atoms with van der Waals surface area (Å²) in [5, 5.41) is -0.0434. The summed E-state index contributed by atoms with van der Waals surface area (Å²) in [5.41, 5.74) is 0. The van der Waals surface area contributed by atoms with Crippen LogP contribution in [0.2, 0.25) is 0 Å². The van der Waals surface area contributed by atoms with E-state index in [1.807, 2.05) is 0 Å². The molecule has 0 spiro atoms. The molecule has 0 aliphatic rings. The second kappa shape index (κ2) is 6.82. The fourth-order valence-corrected chi connectivity index (χ4v) is 0.380. The third kappa shape index (κ3) is 5.84. The van der Waals surface area contributed by atoms with Gasteiger partial charge in [0.1, 0.15) is 6.67 Å². The summed E-state index contributed by atoms with van der Waals surface area (Å²) < 4.78 is 39.0. The smallest absolute Gasteiger partial charge is 0.169 e. The van der Waals surface area contributed by atoms with Crippen molar-refractivity contribution in [2.45, 2.75) is 0 Å². The molecule has 0 aliphatic heterocycles. The number of hydrogen-bond acceptors (Lipinski definition) is 2. The molecule has 0 unspecified atom stereocenters. The van der Waals surface area contributed by atoms with E-state index in [1.54, 1.807) is 0 Å². The summed E-state index contributed by atoms with van der Waals surface area (Å²) in [5.74, 6) is 0. The van der Waals surface area contributed by atoms with Crippen LogP contribution in [0.15, 0.2) is 0 Å². The van der Waals surface area contributed by atoms with Crippen molar-refractivity contribution in [1.82, 2.24) is 5.12 Å². The molecule has 0 aromatic carbocycles. The predicted molar refractivity (Wildman–Crippen MR) is 30.6 cm³/mol. The topological polar surface area (TPSA) is 12.5 Å². The molecule has 0 N–H and O–H groups in total. The van der Waals surface area contributed by atoms with Crippen LogP contribution < -0.4 is 0 Å². The molecule has 62 valence electrons. The zero-order valence-electron chi connectivity index (χ0n) is 5.52. The Morgan fingerprint density at radius 1 is 1.20 bits per heavy atom. The molecular weight excluding hydrogens is 147 g/mol. The SMILES string of the molecule is FCCOCCN(F)CF. The van der Waals surface area contributed by atoms with E-state index in [9.17, 15) is 13.3 Å². The summed E-state index contributed by atoms with van der Waals surface area (Å²) >= 11 is 0. The van der Waals surface area contributed by atoms with Gasteiger partial charge in [-0.25, -0.2) is 8.78 Å². The van der Waals surface area contributed by atoms with Crippen LogP contribution in [0, 0.1) is 0 Å². The van der Waals surface area contributed by atoms with Gasteiger partial charge in [-0.3, -0.25) is 0 Å². The molecule has 5 heteroatoms. The van der Waals surface area contributed by atoms with E-state index in [0.29, 0.717) is 0 Å². The van der Waals surface area contributed by atoms with Crippen LogP contribution in [-0.4, -0.2) is 38.4 Å². The molecule has 10 heavy (non-hydrogen) atoms. The molecule has 0 rings (SSSR count). The molecule has 0 aromatic heterocycles. The molecular formula is C5H10F3NO. The standard InChI is InChI=1S/C5H10F3NO/c6-1-3-10-4-2-9(8)5-7/h1-5H2. The van der Waals surface area contributed by atoms with Crippen LogP contribution in [0.4, 0.5) is 13.3 Å². The van der Waals surface area contributed by atoms with Gasteiger partial charge in [-0.05, 0) is 0 Å². The number of rotatable bonds is 6. The van der Waals surface area contributed by atoms with Crippen LogP contribution in [0.25, 0.3) is 0 Å². The molecule has 0 radical (unpaired) electrons. The number of alkyl halides is 2. The Labute approximate surface area is 57.5 Å². The van der Waals surface area contributed by atoms with Gasteiger partial charge in [0.25, 0.3) is 0 Å². The van der Waals surface area contributed by atoms with Crippen LogP contribution >= 0.6 is 0 Å². The van der Waals surface area contributed by atoms with E-state index in [4.69, 9.17) is 0 Å². The molecule has 0 aromatic rings. The molecule has 0 bridgehead atoms. The molecule has 0 saturated heterocycles. The van der Waals surface area contributed by atoms with Gasteiger partial charge < -0.3 is 4.74 Å². The highest BCUT2D eigenvalue weighted by atomic mass is 19.2. The predicted octanol–water partition coefficient (Wildman–Crippen LogP) is 1.09. The first-order chi connectivity index (χ1) is 4.81. The third-order valence-electron chi connectivity index (χ3n) is 0.829. The van der Waals surface area contributed by atoms with E-state index >= 15 is 0 Å². The lowest BCUT2D eigenvalue weighted by molar-refractivity contribution is -0.0398. The van der Waals surface area contributed by atoms with Crippen molar-refractivity contribution in [2.24, 2.45) is 0 Å². The van der Waals surface area contributed by atoms with Gasteiger partial charge in [0.05, 0.1) is 19.8 Å². The van der Waals surface area contributed by atoms with Crippen LogP contribution in [0.3, 0.4) is 0 Å². The molecule has 0 aliphatic carbocycles. The van der Waals surface area contributed by atoms with Crippen molar-refractivity contribution in [3.8, 4) is 0 Å². The quantitative estimate of drug-likeness (QED) is 0.325. The first-order valence-electron chi connectivity index (χ1n) is 2.91. The van der Waals surface area contributed by atoms with Crippen LogP contribution in [0.5, 0.6) is 0 Å². The Hall–Kier alpha value is -0.290. The average Bonchev–Trinajstić information content (AvgIpc) is 1.98. The second-order valence-corrected chi connectivity index (χ2v) is 1.61. The fourth-order valence-electron chi connectivity index (χ4n) is 0.380. The molecule has 0 heterocycles. The Morgan fingerprint density at radius 2 is 1.90 bits per heavy atom. The Bertz CT molecular complexity index is 73.9. The normalized spacial score (nSPS) is 10.8. The molecule has 0 saturated carbocycles. The zero-order valence-corrected chi connectivity index (χ0v) is 5.52. The van der Waals surface area contributed by atoms with E-state index < -0.39 is 13.5 Å². The van der Waals surface area contributed by atoms with Crippen molar-refractivity contribution in [3.05, 3.63) is 0 Å². The van der Waals surface area contributed by atoms with Crippen molar-refractivity contribution in [3.63, 3.8) is 0 Å². The average molecular weight is 157 g/mol. The van der Waals surface area contributed by atoms with Gasteiger partial charge in [0.15, 0.2) is 6.80 Å². The van der Waals surface area contributed by atoms with Crippen LogP contribution in [-0.2, 0) is 4.74 Å². The minimum Gasteiger partial charge on any atom is -0.377 e. The Balaban J connectivity index is 2.89. The molecule has 0 fully saturated rings. The summed E-state index contributed by atoms with van der Waals surface area (Å²) in [4.78, 5) is 0. The summed E-state index contributed by atoms with van der Waals surface area (Å²) in [6.45, 7) is -1.94. The molecule has 0 atom stereocenters. The monoisotopic (exact) mass is 157 g/mol. The maximum absolute atomic E-state index is 11.8. The summed E-state index contributed by atoms with van der Waals surface area (Å²) in [6, 6.07) is 0. The zero-order chi connectivity index (χ0) is 7.82. The third-order valence-corrected chi connectivity index (χ3v) is 0.829. The van der Waals surface area contributed by atoms with Gasteiger partial charge in [0.2, 0.25) is 0 Å². The highest BCUT2D eigenvalue weighted by Crippen LogP contribution is 1.88. The Kier molecular flexibility index (Phi) is 6.63. The second-order valence-electron chi connectivity index (χ2n) is 1.61. The highest BCUT2D eigenvalue weighted by molar-refractivity contribution is 4.36. The minimum absolute atomic E-state index is 0.0182. The first-order valence-corrected chi connectivity index (χ1v) is 2.91. The minimum atomic E-state index is -1.15. The number of halogens is 3. The Morgan fingerprint density at radius 3 is 2.40 bits per heavy atom. The largest absolute Gasteiger partial charge is 0.377 e. The summed E-state index contributed by atoms with van der Waals surface area (Å²) in [7, 11) is 0. The van der Waals surface area contributed by atoms with E-state index in [2.05, 4.69) is 4.74 Å². The van der Waals surface area contributed by atoms with Gasteiger partial charge in [-0.2, -0.15) is 0 Å². The number of hydrogen-bond donors (Lipinski definition) is 0. The number of nitrogens with zero attached hydrogens (tertiary/aromatic N) is 1. The molecule has 2 nitrogen and oxygen atoms in total. The maximum Gasteiger partial charge on any atom is 0.169 e. The van der Waals surface area contributed by atoms with E-state index in [-0.39, 0.29) is 24.9 Å². The van der Waals surface area contributed by atoms with Gasteiger partial charge in [-0.15, -0.1) is 9.60 Å². The lowest BCUT2D eigenvalue weighted by atomic mass is 10.7. The van der Waals surface area contributed by atoms with Crippen molar-refractivity contribution in [2.75, 3.05) is 33.2 Å². The van der Waals surface area contributed by atoms with Gasteiger partial charge in [-0.1, -0.05) is 0 Å². The highest BCUT2D eigenvalue weighted by Gasteiger charge is 1.99. The fraction of sp³-hybridized carbons (Fsp3) is 1.00. The first kappa shape index (κ1) is 9.71. The maximum atomic E-state index is 11.8. The van der Waals surface area contributed by atoms with Crippen LogP contribution in [0.1, 0.15) is 0 Å². The summed E-state index contributed by atoms with van der Waals surface area (Å²) in [6.07, 6.45) is 0. The lowest BCUT2D eigenvalue weighted by Crippen LogP contribution is -2.18. The van der Waals surface area contributed by atoms with E-state index in [0.717, 1.165) is 0 Å². The number of ether oxygens (including phenoxy) is 1.